The van der Waals surface area contributed by atoms with Crippen molar-refractivity contribution in [1.82, 2.24) is 9.97 Å². The molecule has 0 radical (unpaired) electrons. The molecule has 2 aromatic carbocycles. The summed E-state index contributed by atoms with van der Waals surface area (Å²) < 4.78 is 5.18. The molecule has 0 spiro atoms. The molecule has 0 amide bonds. The molecule has 0 fully saturated rings. The zero-order chi connectivity index (χ0) is 18.5. The minimum absolute atomic E-state index is 0.808. The first kappa shape index (κ1) is 17.3. The molecular weight excluding hydrogens is 352 g/mol. The lowest BCUT2D eigenvalue weighted by molar-refractivity contribution is 0.414. The molecule has 0 saturated heterocycles. The lowest BCUT2D eigenvalue weighted by Crippen LogP contribution is -1.86. The van der Waals surface area contributed by atoms with Crippen molar-refractivity contribution in [3.8, 4) is 28.2 Å². The Morgan fingerprint density at radius 1 is 1.04 bits per heavy atom. The van der Waals surface area contributed by atoms with E-state index in [9.17, 15) is 0 Å². The van der Waals surface area contributed by atoms with Crippen molar-refractivity contribution >= 4 is 22.1 Å². The molecule has 2 aromatic heterocycles. The summed E-state index contributed by atoms with van der Waals surface area (Å²) in [5.74, 6) is 7.29. The van der Waals surface area contributed by atoms with E-state index in [0.29, 0.717) is 0 Å². The van der Waals surface area contributed by atoms with E-state index in [0.717, 1.165) is 40.2 Å². The molecule has 0 unspecified atom stereocenters. The lowest BCUT2D eigenvalue weighted by Gasteiger charge is -2.00. The predicted molar refractivity (Wildman–Crippen MR) is 111 cm³/mol. The molecule has 4 heteroatoms. The zero-order valence-electron chi connectivity index (χ0n) is 15.0. The van der Waals surface area contributed by atoms with Crippen LogP contribution in [0.1, 0.15) is 17.7 Å². The van der Waals surface area contributed by atoms with Crippen molar-refractivity contribution in [2.24, 2.45) is 0 Å². The highest BCUT2D eigenvalue weighted by Gasteiger charge is 2.04. The fourth-order valence-electron chi connectivity index (χ4n) is 2.83. The van der Waals surface area contributed by atoms with Crippen molar-refractivity contribution in [2.75, 3.05) is 7.11 Å². The topological polar surface area (TPSA) is 35.0 Å². The van der Waals surface area contributed by atoms with Crippen LogP contribution in [0.15, 0.2) is 66.3 Å². The molecule has 27 heavy (non-hydrogen) atoms. The Morgan fingerprint density at radius 3 is 2.78 bits per heavy atom. The first-order chi connectivity index (χ1) is 13.3. The van der Waals surface area contributed by atoms with Crippen LogP contribution in [0.4, 0.5) is 0 Å². The molecule has 0 bridgehead atoms. The highest BCUT2D eigenvalue weighted by atomic mass is 32.1. The molecular formula is C23H18N2OS. The number of pyridine rings is 1. The molecule has 0 aliphatic rings. The number of aryl methyl sites for hydroxylation is 1. The van der Waals surface area contributed by atoms with Gasteiger partial charge in [0.25, 0.3) is 0 Å². The van der Waals surface area contributed by atoms with Crippen molar-refractivity contribution in [3.63, 3.8) is 0 Å². The van der Waals surface area contributed by atoms with Crippen LogP contribution in [0.5, 0.6) is 5.75 Å². The third kappa shape index (κ3) is 4.16. The third-order valence-electron chi connectivity index (χ3n) is 4.31. The van der Waals surface area contributed by atoms with E-state index in [-0.39, 0.29) is 0 Å². The van der Waals surface area contributed by atoms with Crippen LogP contribution in [0.2, 0.25) is 0 Å². The van der Waals surface area contributed by atoms with Gasteiger partial charge < -0.3 is 4.74 Å². The van der Waals surface area contributed by atoms with Gasteiger partial charge in [-0.1, -0.05) is 30.2 Å². The molecule has 0 aliphatic heterocycles. The molecule has 0 aliphatic carbocycles. The van der Waals surface area contributed by atoms with E-state index >= 15 is 0 Å². The Kier molecular flexibility index (Phi) is 5.13. The third-order valence-corrected chi connectivity index (χ3v) is 5.20. The molecule has 3 nitrogen and oxygen atoms in total. The van der Waals surface area contributed by atoms with Crippen LogP contribution in [0.25, 0.3) is 21.3 Å². The van der Waals surface area contributed by atoms with Gasteiger partial charge >= 0.3 is 0 Å². The van der Waals surface area contributed by atoms with E-state index < -0.39 is 0 Å². The summed E-state index contributed by atoms with van der Waals surface area (Å²) >= 11 is 1.63. The largest absolute Gasteiger partial charge is 0.497 e. The zero-order valence-corrected chi connectivity index (χ0v) is 15.8. The van der Waals surface area contributed by atoms with Crippen LogP contribution in [0, 0.1) is 11.8 Å². The second-order valence-electron chi connectivity index (χ2n) is 6.13. The number of aromatic nitrogens is 2. The normalized spacial score (nSPS) is 10.4. The van der Waals surface area contributed by atoms with Crippen LogP contribution < -0.4 is 4.74 Å². The summed E-state index contributed by atoms with van der Waals surface area (Å²) in [5, 5.41) is 5.32. The van der Waals surface area contributed by atoms with Gasteiger partial charge in [0.2, 0.25) is 0 Å². The number of thiazole rings is 1. The van der Waals surface area contributed by atoms with E-state index in [2.05, 4.69) is 52.1 Å². The van der Waals surface area contributed by atoms with E-state index in [1.807, 2.05) is 36.0 Å². The van der Waals surface area contributed by atoms with Crippen molar-refractivity contribution in [2.45, 2.75) is 12.8 Å². The summed E-state index contributed by atoms with van der Waals surface area (Å²) in [7, 11) is 1.68. The van der Waals surface area contributed by atoms with Crippen molar-refractivity contribution in [3.05, 3.63) is 77.6 Å². The Labute approximate surface area is 162 Å². The van der Waals surface area contributed by atoms with Gasteiger partial charge in [-0.3, -0.25) is 4.98 Å². The van der Waals surface area contributed by atoms with Crippen LogP contribution in [0.3, 0.4) is 0 Å². The van der Waals surface area contributed by atoms with Crippen LogP contribution in [-0.4, -0.2) is 17.1 Å². The SMILES string of the molecule is COc1ccc(CCC#Cc2csc(-c3ccc4cnccc4c3)n2)cc1. The van der Waals surface area contributed by atoms with Gasteiger partial charge in [-0.2, -0.15) is 0 Å². The van der Waals surface area contributed by atoms with Gasteiger partial charge in [0.05, 0.1) is 7.11 Å². The van der Waals surface area contributed by atoms with Crippen molar-refractivity contribution < 1.29 is 4.74 Å². The number of rotatable bonds is 4. The Balaban J connectivity index is 1.42. The standard InChI is InChI=1S/C23H18N2OS/c1-26-22-10-6-17(7-11-22)4-2-3-5-21-16-27-23(25-21)19-8-9-20-15-24-13-12-18(20)14-19/h6-16H,2,4H2,1H3. The quantitative estimate of drug-likeness (QED) is 0.454. The summed E-state index contributed by atoms with van der Waals surface area (Å²) in [4.78, 5) is 8.82. The fraction of sp³-hybridized carbons (Fsp3) is 0.130. The fourth-order valence-corrected chi connectivity index (χ4v) is 3.58. The Morgan fingerprint density at radius 2 is 1.93 bits per heavy atom. The molecule has 4 aromatic rings. The maximum Gasteiger partial charge on any atom is 0.124 e. The van der Waals surface area contributed by atoms with E-state index in [4.69, 9.17) is 4.74 Å². The van der Waals surface area contributed by atoms with Crippen LogP contribution >= 0.6 is 11.3 Å². The minimum Gasteiger partial charge on any atom is -0.497 e. The van der Waals surface area contributed by atoms with Crippen LogP contribution in [-0.2, 0) is 6.42 Å². The van der Waals surface area contributed by atoms with Gasteiger partial charge in [-0.25, -0.2) is 4.98 Å². The average molecular weight is 370 g/mol. The molecule has 0 atom stereocenters. The number of fused-ring (bicyclic) bond motifs is 1. The smallest absolute Gasteiger partial charge is 0.124 e. The molecule has 0 saturated carbocycles. The van der Waals surface area contributed by atoms with E-state index in [1.54, 1.807) is 18.4 Å². The highest BCUT2D eigenvalue weighted by molar-refractivity contribution is 7.13. The van der Waals surface area contributed by atoms with Gasteiger partial charge in [-0.05, 0) is 47.6 Å². The van der Waals surface area contributed by atoms with Gasteiger partial charge in [-0.15, -0.1) is 11.3 Å². The Bertz CT molecular complexity index is 1120. The first-order valence-electron chi connectivity index (χ1n) is 8.73. The second-order valence-corrected chi connectivity index (χ2v) is 6.98. The Hall–Kier alpha value is -3.16. The maximum absolute atomic E-state index is 5.18. The first-order valence-corrected chi connectivity index (χ1v) is 9.61. The van der Waals surface area contributed by atoms with Crippen molar-refractivity contribution in [1.29, 1.82) is 0 Å². The number of hydrogen-bond acceptors (Lipinski definition) is 4. The minimum atomic E-state index is 0.808. The monoisotopic (exact) mass is 370 g/mol. The number of nitrogens with zero attached hydrogens (tertiary/aromatic N) is 2. The lowest BCUT2D eigenvalue weighted by atomic mass is 10.1. The number of hydrogen-bond donors (Lipinski definition) is 0. The number of benzene rings is 2. The summed E-state index contributed by atoms with van der Waals surface area (Å²) in [6.45, 7) is 0. The number of methoxy groups -OCH3 is 1. The van der Waals surface area contributed by atoms with E-state index in [1.165, 1.54) is 10.9 Å². The summed E-state index contributed by atoms with van der Waals surface area (Å²) in [5.41, 5.74) is 3.21. The maximum atomic E-state index is 5.18. The van der Waals surface area contributed by atoms with Gasteiger partial charge in [0, 0.05) is 35.1 Å². The summed E-state index contributed by atoms with van der Waals surface area (Å²) in [6.07, 6.45) is 5.42. The average Bonchev–Trinajstić information content (AvgIpc) is 3.20. The predicted octanol–water partition coefficient (Wildman–Crippen LogP) is 5.35. The molecule has 132 valence electrons. The molecule has 4 rings (SSSR count). The number of ether oxygens (including phenoxy) is 1. The molecule has 0 N–H and O–H groups in total. The second kappa shape index (κ2) is 8.03. The highest BCUT2D eigenvalue weighted by Crippen LogP contribution is 2.26. The van der Waals surface area contributed by atoms with Gasteiger partial charge in [0.1, 0.15) is 16.5 Å². The molecule has 2 heterocycles. The van der Waals surface area contributed by atoms with Gasteiger partial charge in [0.15, 0.2) is 0 Å². The summed E-state index contributed by atoms with van der Waals surface area (Å²) in [6, 6.07) is 16.5.